The minimum atomic E-state index is -0.181. The van der Waals surface area contributed by atoms with E-state index in [4.69, 9.17) is 0 Å². The third-order valence-electron chi connectivity index (χ3n) is 5.15. The van der Waals surface area contributed by atoms with Gasteiger partial charge in [-0.2, -0.15) is 5.10 Å². The molecule has 0 bridgehead atoms. The highest BCUT2D eigenvalue weighted by molar-refractivity contribution is 5.55. The average Bonchev–Trinajstić information content (AvgIpc) is 3.04. The zero-order valence-electron chi connectivity index (χ0n) is 15.3. The number of rotatable bonds is 6. The van der Waals surface area contributed by atoms with Crippen LogP contribution in [0.4, 0.5) is 10.1 Å². The van der Waals surface area contributed by atoms with Crippen LogP contribution in [0.1, 0.15) is 36.7 Å². The molecule has 1 saturated heterocycles. The van der Waals surface area contributed by atoms with Gasteiger partial charge in [-0.3, -0.25) is 5.10 Å². The number of hydrogen-bond donors (Lipinski definition) is 2. The molecule has 0 radical (unpaired) electrons. The van der Waals surface area contributed by atoms with Crippen molar-refractivity contribution in [3.63, 3.8) is 0 Å². The standard InChI is InChI=1S/C19H28FN5/c1-4-24-7-9-25(10-8-24)19-6-5-17(20)11-18(19)15(3)21-12-16-13-22-23-14(16)2/h5-6,11,13,15,21H,4,7-10,12H2,1-3H3,(H,22,23)/t15-/m0/s1. The van der Waals surface area contributed by atoms with Gasteiger partial charge >= 0.3 is 0 Å². The van der Waals surface area contributed by atoms with Crippen LogP contribution in [0.2, 0.25) is 0 Å². The van der Waals surface area contributed by atoms with Crippen LogP contribution >= 0.6 is 0 Å². The number of hydrogen-bond acceptors (Lipinski definition) is 4. The van der Waals surface area contributed by atoms with Gasteiger partial charge in [0.25, 0.3) is 0 Å². The van der Waals surface area contributed by atoms with Crippen LogP contribution < -0.4 is 10.2 Å². The summed E-state index contributed by atoms with van der Waals surface area (Å²) in [5.41, 5.74) is 4.36. The molecule has 1 fully saturated rings. The van der Waals surface area contributed by atoms with Crippen LogP contribution in [-0.4, -0.2) is 47.8 Å². The molecular weight excluding hydrogens is 317 g/mol. The largest absolute Gasteiger partial charge is 0.369 e. The van der Waals surface area contributed by atoms with Crippen LogP contribution in [0.5, 0.6) is 0 Å². The maximum Gasteiger partial charge on any atom is 0.123 e. The third-order valence-corrected chi connectivity index (χ3v) is 5.15. The number of halogens is 1. The molecule has 0 spiro atoms. The van der Waals surface area contributed by atoms with Crippen LogP contribution in [0.3, 0.4) is 0 Å². The molecule has 1 aliphatic rings. The van der Waals surface area contributed by atoms with Gasteiger partial charge in [-0.25, -0.2) is 4.39 Å². The third kappa shape index (κ3) is 4.19. The molecule has 0 unspecified atom stereocenters. The molecule has 1 aliphatic heterocycles. The molecule has 136 valence electrons. The van der Waals surface area contributed by atoms with Crippen molar-refractivity contribution in [1.29, 1.82) is 0 Å². The first kappa shape index (κ1) is 17.9. The Hall–Kier alpha value is -1.92. The fraction of sp³-hybridized carbons (Fsp3) is 0.526. The van der Waals surface area contributed by atoms with E-state index >= 15 is 0 Å². The summed E-state index contributed by atoms with van der Waals surface area (Å²) in [6.45, 7) is 12.2. The molecule has 2 heterocycles. The lowest BCUT2D eigenvalue weighted by atomic mass is 10.0. The highest BCUT2D eigenvalue weighted by atomic mass is 19.1. The molecule has 2 N–H and O–H groups in total. The first-order valence-corrected chi connectivity index (χ1v) is 9.07. The smallest absolute Gasteiger partial charge is 0.123 e. The number of benzene rings is 1. The highest BCUT2D eigenvalue weighted by Gasteiger charge is 2.21. The van der Waals surface area contributed by atoms with E-state index in [2.05, 4.69) is 39.2 Å². The van der Waals surface area contributed by atoms with Crippen molar-refractivity contribution in [1.82, 2.24) is 20.4 Å². The molecule has 1 aromatic heterocycles. The van der Waals surface area contributed by atoms with E-state index in [1.807, 2.05) is 19.2 Å². The second-order valence-electron chi connectivity index (χ2n) is 6.75. The number of nitrogens with one attached hydrogen (secondary N) is 2. The van der Waals surface area contributed by atoms with E-state index in [0.29, 0.717) is 6.54 Å². The molecule has 1 aromatic carbocycles. The molecule has 1 atom stereocenters. The van der Waals surface area contributed by atoms with Crippen molar-refractivity contribution in [3.05, 3.63) is 47.0 Å². The first-order valence-electron chi connectivity index (χ1n) is 9.07. The molecule has 0 amide bonds. The van der Waals surface area contributed by atoms with E-state index in [0.717, 1.165) is 55.2 Å². The predicted molar refractivity (Wildman–Crippen MR) is 99.3 cm³/mol. The Balaban J connectivity index is 1.73. The van der Waals surface area contributed by atoms with E-state index in [1.54, 1.807) is 12.1 Å². The maximum absolute atomic E-state index is 13.9. The van der Waals surface area contributed by atoms with Crippen LogP contribution in [0, 0.1) is 12.7 Å². The van der Waals surface area contributed by atoms with Crippen molar-refractivity contribution in [2.24, 2.45) is 0 Å². The summed E-state index contributed by atoms with van der Waals surface area (Å²) >= 11 is 0. The topological polar surface area (TPSA) is 47.2 Å². The van der Waals surface area contributed by atoms with Gasteiger partial charge in [-0.05, 0) is 44.2 Å². The molecule has 5 nitrogen and oxygen atoms in total. The Kier molecular flexibility index (Phi) is 5.71. The summed E-state index contributed by atoms with van der Waals surface area (Å²) in [4.78, 5) is 4.82. The monoisotopic (exact) mass is 345 g/mol. The van der Waals surface area contributed by atoms with Gasteiger partial charge in [0.15, 0.2) is 0 Å². The van der Waals surface area contributed by atoms with E-state index < -0.39 is 0 Å². The molecule has 0 aliphatic carbocycles. The first-order chi connectivity index (χ1) is 12.1. The van der Waals surface area contributed by atoms with Gasteiger partial charge in [0.2, 0.25) is 0 Å². The number of H-pyrrole nitrogens is 1. The second kappa shape index (κ2) is 7.97. The lowest BCUT2D eigenvalue weighted by molar-refractivity contribution is 0.271. The summed E-state index contributed by atoms with van der Waals surface area (Å²) in [5.74, 6) is -0.181. The van der Waals surface area contributed by atoms with Gasteiger partial charge < -0.3 is 15.1 Å². The number of aryl methyl sites for hydroxylation is 1. The number of likely N-dealkylation sites (N-methyl/N-ethyl adjacent to an activating group) is 1. The average molecular weight is 345 g/mol. The summed E-state index contributed by atoms with van der Waals surface area (Å²) < 4.78 is 13.9. The number of aromatic nitrogens is 2. The van der Waals surface area contributed by atoms with Gasteiger partial charge in [0, 0.05) is 55.7 Å². The zero-order valence-corrected chi connectivity index (χ0v) is 15.3. The van der Waals surface area contributed by atoms with Gasteiger partial charge in [0.1, 0.15) is 5.82 Å². The minimum absolute atomic E-state index is 0.0594. The Morgan fingerprint density at radius 1 is 1.28 bits per heavy atom. The van der Waals surface area contributed by atoms with E-state index in [1.165, 1.54) is 0 Å². The molecule has 3 rings (SSSR count). The molecule has 6 heteroatoms. The van der Waals surface area contributed by atoms with Crippen LogP contribution in [0.15, 0.2) is 24.4 Å². The van der Waals surface area contributed by atoms with Crippen LogP contribution in [0.25, 0.3) is 0 Å². The zero-order chi connectivity index (χ0) is 17.8. The Bertz CT molecular complexity index is 691. The number of anilines is 1. The summed E-state index contributed by atoms with van der Waals surface area (Å²) in [6, 6.07) is 5.22. The van der Waals surface area contributed by atoms with Gasteiger partial charge in [-0.1, -0.05) is 6.92 Å². The fourth-order valence-corrected chi connectivity index (χ4v) is 3.39. The number of nitrogens with zero attached hydrogens (tertiary/aromatic N) is 3. The van der Waals surface area contributed by atoms with Gasteiger partial charge in [0.05, 0.1) is 6.20 Å². The Morgan fingerprint density at radius 2 is 2.04 bits per heavy atom. The quantitative estimate of drug-likeness (QED) is 0.845. The molecule has 25 heavy (non-hydrogen) atoms. The lowest BCUT2D eigenvalue weighted by Crippen LogP contribution is -2.46. The summed E-state index contributed by atoms with van der Waals surface area (Å²) in [6.07, 6.45) is 1.84. The molecule has 0 saturated carbocycles. The van der Waals surface area contributed by atoms with Crippen molar-refractivity contribution >= 4 is 5.69 Å². The lowest BCUT2D eigenvalue weighted by Gasteiger charge is -2.37. The molecular formula is C19H28FN5. The van der Waals surface area contributed by atoms with Crippen molar-refractivity contribution in [3.8, 4) is 0 Å². The van der Waals surface area contributed by atoms with E-state index in [9.17, 15) is 4.39 Å². The SMILES string of the molecule is CCN1CCN(c2ccc(F)cc2[C@H](C)NCc2cn[nH]c2C)CC1. The van der Waals surface area contributed by atoms with Crippen molar-refractivity contribution in [2.75, 3.05) is 37.6 Å². The number of aromatic amines is 1. The van der Waals surface area contributed by atoms with E-state index in [-0.39, 0.29) is 11.9 Å². The normalized spacial score (nSPS) is 17.0. The van der Waals surface area contributed by atoms with Crippen molar-refractivity contribution in [2.45, 2.75) is 33.4 Å². The summed E-state index contributed by atoms with van der Waals surface area (Å²) in [7, 11) is 0. The fourth-order valence-electron chi connectivity index (χ4n) is 3.39. The van der Waals surface area contributed by atoms with Gasteiger partial charge in [-0.15, -0.1) is 0 Å². The maximum atomic E-state index is 13.9. The molecule has 2 aromatic rings. The Labute approximate surface area is 149 Å². The number of piperazine rings is 1. The Morgan fingerprint density at radius 3 is 2.68 bits per heavy atom. The van der Waals surface area contributed by atoms with Crippen LogP contribution in [-0.2, 0) is 6.54 Å². The predicted octanol–water partition coefficient (Wildman–Crippen LogP) is 2.85. The second-order valence-corrected chi connectivity index (χ2v) is 6.75. The van der Waals surface area contributed by atoms with Crippen molar-refractivity contribution < 1.29 is 4.39 Å². The minimum Gasteiger partial charge on any atom is -0.369 e. The highest BCUT2D eigenvalue weighted by Crippen LogP contribution is 2.28. The summed E-state index contributed by atoms with van der Waals surface area (Å²) in [5, 5.41) is 10.5.